The van der Waals surface area contributed by atoms with Gasteiger partial charge in [-0.2, -0.15) is 0 Å². The van der Waals surface area contributed by atoms with E-state index in [1.807, 2.05) is 0 Å². The highest BCUT2D eigenvalue weighted by atomic mass is 127. The minimum absolute atomic E-state index is 1.03. The average Bonchev–Trinajstić information content (AvgIpc) is 1.93. The fraction of sp³-hybridized carbons (Fsp3) is 0.143. The van der Waals surface area contributed by atoms with Crippen molar-refractivity contribution in [3.8, 4) is 0 Å². The van der Waals surface area contributed by atoms with Crippen LogP contribution in [0.2, 0.25) is 0 Å². The van der Waals surface area contributed by atoms with Crippen molar-refractivity contribution in [3.05, 3.63) is 25.7 Å². The molecule has 0 aliphatic rings. The molecule has 0 saturated heterocycles. The van der Waals surface area contributed by atoms with Crippen LogP contribution in [-0.4, -0.2) is 0 Å². The lowest BCUT2D eigenvalue weighted by molar-refractivity contribution is 1.28. The molecule has 54 valence electrons. The molecule has 10 heavy (non-hydrogen) atoms. The summed E-state index contributed by atoms with van der Waals surface area (Å²) in [5.74, 6) is 0. The van der Waals surface area contributed by atoms with E-state index in [0.29, 0.717) is 0 Å². The van der Waals surface area contributed by atoms with Gasteiger partial charge in [-0.3, -0.25) is 0 Å². The number of halogens is 2. The van der Waals surface area contributed by atoms with Crippen LogP contribution in [0, 0.1) is 10.5 Å². The summed E-state index contributed by atoms with van der Waals surface area (Å²) in [5, 5.41) is 0. The highest BCUT2D eigenvalue weighted by molar-refractivity contribution is 14.1. The van der Waals surface area contributed by atoms with Gasteiger partial charge in [0.1, 0.15) is 0 Å². The van der Waals surface area contributed by atoms with Gasteiger partial charge in [-0.1, -0.05) is 6.07 Å². The second-order valence-electron chi connectivity index (χ2n) is 2.03. The van der Waals surface area contributed by atoms with Crippen LogP contribution in [0.3, 0.4) is 0 Å². The third-order valence-corrected chi connectivity index (χ3v) is 4.38. The van der Waals surface area contributed by atoms with E-state index >= 15 is 0 Å². The number of hydrogen-bond donors (Lipinski definition) is 1. The van der Waals surface area contributed by atoms with Crippen molar-refractivity contribution in [1.29, 1.82) is 0 Å². The first-order chi connectivity index (χ1) is 4.63. The molecule has 0 heterocycles. The summed E-state index contributed by atoms with van der Waals surface area (Å²) in [6.07, 6.45) is 0. The van der Waals surface area contributed by atoms with Gasteiger partial charge in [0, 0.05) is 12.9 Å². The molecule has 0 amide bonds. The summed E-state index contributed by atoms with van der Waals surface area (Å²) >= 11 is 10.0. The zero-order valence-electron chi connectivity index (χ0n) is 5.36. The smallest absolute Gasteiger partial charge is 0.0348 e. The molecular weight excluding hydrogens is 323 g/mol. The average molecular weight is 329 g/mol. The van der Waals surface area contributed by atoms with Gasteiger partial charge in [0.15, 0.2) is 0 Å². The van der Waals surface area contributed by atoms with E-state index in [1.165, 1.54) is 9.13 Å². The van der Waals surface area contributed by atoms with Crippen molar-refractivity contribution in [3.63, 3.8) is 0 Å². The zero-order chi connectivity index (χ0) is 7.72. The predicted octanol–water partition coefficient (Wildman–Crippen LogP) is 3.65. The molecular formula is C7H6BrIS. The first-order valence-corrected chi connectivity index (χ1v) is 5.08. The lowest BCUT2D eigenvalue weighted by atomic mass is 10.2. The second-order valence-corrected chi connectivity index (χ2v) is 4.43. The first kappa shape index (κ1) is 8.87. The summed E-state index contributed by atoms with van der Waals surface area (Å²) in [5.41, 5.74) is 1.23. The molecule has 0 bridgehead atoms. The fourth-order valence-electron chi connectivity index (χ4n) is 0.642. The SMILES string of the molecule is Cc1ccc(I)c(S)c1Br. The normalized spacial score (nSPS) is 10.0. The molecule has 0 fully saturated rings. The number of rotatable bonds is 0. The largest absolute Gasteiger partial charge is 0.141 e. The van der Waals surface area contributed by atoms with Crippen LogP contribution in [0.25, 0.3) is 0 Å². The van der Waals surface area contributed by atoms with Gasteiger partial charge >= 0.3 is 0 Å². The minimum Gasteiger partial charge on any atom is -0.141 e. The molecule has 0 N–H and O–H groups in total. The molecule has 0 unspecified atom stereocenters. The Bertz CT molecular complexity index is 233. The van der Waals surface area contributed by atoms with Gasteiger partial charge in [-0.25, -0.2) is 0 Å². The monoisotopic (exact) mass is 328 g/mol. The quantitative estimate of drug-likeness (QED) is 0.545. The van der Waals surface area contributed by atoms with Crippen molar-refractivity contribution in [1.82, 2.24) is 0 Å². The van der Waals surface area contributed by atoms with Crippen molar-refractivity contribution in [2.75, 3.05) is 0 Å². The Morgan fingerprint density at radius 3 is 2.60 bits per heavy atom. The molecule has 1 aromatic carbocycles. The molecule has 0 atom stereocenters. The maximum Gasteiger partial charge on any atom is 0.0348 e. The van der Waals surface area contributed by atoms with Crippen LogP contribution in [0.1, 0.15) is 5.56 Å². The lowest BCUT2D eigenvalue weighted by Crippen LogP contribution is -1.80. The Labute approximate surface area is 88.1 Å². The van der Waals surface area contributed by atoms with Crippen LogP contribution < -0.4 is 0 Å². The van der Waals surface area contributed by atoms with E-state index in [9.17, 15) is 0 Å². The van der Waals surface area contributed by atoms with Crippen molar-refractivity contribution in [2.24, 2.45) is 0 Å². The van der Waals surface area contributed by atoms with Crippen molar-refractivity contribution in [2.45, 2.75) is 11.8 Å². The molecule has 1 aromatic rings. The Kier molecular flexibility index (Phi) is 3.06. The van der Waals surface area contributed by atoms with Gasteiger partial charge < -0.3 is 0 Å². The summed E-state index contributed by atoms with van der Waals surface area (Å²) in [4.78, 5) is 1.03. The molecule has 0 aromatic heterocycles. The summed E-state index contributed by atoms with van der Waals surface area (Å²) in [6.45, 7) is 2.06. The van der Waals surface area contributed by atoms with E-state index in [2.05, 4.69) is 70.2 Å². The van der Waals surface area contributed by atoms with E-state index in [1.54, 1.807) is 0 Å². The highest BCUT2D eigenvalue weighted by Crippen LogP contribution is 2.28. The topological polar surface area (TPSA) is 0 Å². The van der Waals surface area contributed by atoms with Crippen LogP contribution >= 0.6 is 51.1 Å². The molecule has 0 radical (unpaired) electrons. The molecule has 0 aliphatic heterocycles. The molecule has 0 aliphatic carbocycles. The van der Waals surface area contributed by atoms with Gasteiger partial charge in [0.25, 0.3) is 0 Å². The zero-order valence-corrected chi connectivity index (χ0v) is 10.00. The molecule has 3 heteroatoms. The second kappa shape index (κ2) is 3.45. The summed E-state index contributed by atoms with van der Waals surface area (Å²) in [7, 11) is 0. The van der Waals surface area contributed by atoms with Crippen molar-refractivity contribution >= 4 is 51.1 Å². The van der Waals surface area contributed by atoms with Gasteiger partial charge in [-0.05, 0) is 57.1 Å². The first-order valence-electron chi connectivity index (χ1n) is 2.76. The summed E-state index contributed by atoms with van der Waals surface area (Å²) < 4.78 is 2.28. The maximum atomic E-state index is 4.33. The third-order valence-electron chi connectivity index (χ3n) is 1.26. The number of aryl methyl sites for hydroxylation is 1. The summed E-state index contributed by atoms with van der Waals surface area (Å²) in [6, 6.07) is 4.13. The van der Waals surface area contributed by atoms with Gasteiger partial charge in [0.05, 0.1) is 0 Å². The van der Waals surface area contributed by atoms with Crippen LogP contribution in [-0.2, 0) is 0 Å². The third kappa shape index (κ3) is 1.68. The van der Waals surface area contributed by atoms with E-state index in [-0.39, 0.29) is 0 Å². The van der Waals surface area contributed by atoms with E-state index < -0.39 is 0 Å². The predicted molar refractivity (Wildman–Crippen MR) is 58.8 cm³/mol. The molecule has 1 rings (SSSR count). The lowest BCUT2D eigenvalue weighted by Gasteiger charge is -2.02. The Balaban J connectivity index is 3.34. The van der Waals surface area contributed by atoms with Crippen molar-refractivity contribution < 1.29 is 0 Å². The Morgan fingerprint density at radius 2 is 2.10 bits per heavy atom. The highest BCUT2D eigenvalue weighted by Gasteiger charge is 2.01. The standard InChI is InChI=1S/C7H6BrIS/c1-4-2-3-5(9)7(10)6(4)8/h2-3,10H,1H3. The maximum absolute atomic E-state index is 4.33. The van der Waals surface area contributed by atoms with Crippen LogP contribution in [0.15, 0.2) is 21.5 Å². The van der Waals surface area contributed by atoms with Gasteiger partial charge in [0.2, 0.25) is 0 Å². The Morgan fingerprint density at radius 1 is 1.50 bits per heavy atom. The van der Waals surface area contributed by atoms with Gasteiger partial charge in [-0.15, -0.1) is 12.6 Å². The molecule has 0 spiro atoms. The number of benzene rings is 1. The molecule has 0 nitrogen and oxygen atoms in total. The number of hydrogen-bond acceptors (Lipinski definition) is 1. The van der Waals surface area contributed by atoms with E-state index in [4.69, 9.17) is 0 Å². The Hall–Kier alpha value is 0.780. The van der Waals surface area contributed by atoms with Crippen LogP contribution in [0.4, 0.5) is 0 Å². The number of thiol groups is 1. The van der Waals surface area contributed by atoms with Crippen LogP contribution in [0.5, 0.6) is 0 Å². The minimum atomic E-state index is 1.03. The molecule has 0 saturated carbocycles. The van der Waals surface area contributed by atoms with E-state index in [0.717, 1.165) is 9.37 Å². The fourth-order valence-corrected chi connectivity index (χ4v) is 2.06.